The standard InChI is InChI=1S/C18H17ClFNO2/c19-17-11-15(20)4-5-16(17)18(22)14-3-1-2-13(10-14)12-21-6-8-23-9-7-21/h1-5,10-11H,6-9,12H2. The second kappa shape index (κ2) is 7.21. The van der Waals surface area contributed by atoms with Crippen LogP contribution in [-0.4, -0.2) is 37.0 Å². The van der Waals surface area contributed by atoms with E-state index in [1.807, 2.05) is 18.2 Å². The van der Waals surface area contributed by atoms with Crippen LogP contribution >= 0.6 is 11.6 Å². The highest BCUT2D eigenvalue weighted by Crippen LogP contribution is 2.21. The molecule has 3 nitrogen and oxygen atoms in total. The number of benzene rings is 2. The quantitative estimate of drug-likeness (QED) is 0.801. The van der Waals surface area contributed by atoms with Gasteiger partial charge in [0.2, 0.25) is 0 Å². The van der Waals surface area contributed by atoms with Gasteiger partial charge < -0.3 is 4.74 Å². The van der Waals surface area contributed by atoms with Crippen molar-refractivity contribution in [2.45, 2.75) is 6.54 Å². The third-order valence-electron chi connectivity index (χ3n) is 3.87. The Morgan fingerprint density at radius 1 is 1.17 bits per heavy atom. The molecule has 0 amide bonds. The van der Waals surface area contributed by atoms with Crippen LogP contribution in [0.5, 0.6) is 0 Å². The highest BCUT2D eigenvalue weighted by molar-refractivity contribution is 6.35. The van der Waals surface area contributed by atoms with Gasteiger partial charge in [0, 0.05) is 30.8 Å². The van der Waals surface area contributed by atoms with Crippen molar-refractivity contribution >= 4 is 17.4 Å². The van der Waals surface area contributed by atoms with E-state index in [9.17, 15) is 9.18 Å². The molecule has 1 saturated heterocycles. The average molecular weight is 334 g/mol. The third kappa shape index (κ3) is 3.96. The molecule has 120 valence electrons. The molecule has 1 aliphatic rings. The van der Waals surface area contributed by atoms with Gasteiger partial charge in [-0.05, 0) is 29.8 Å². The number of carbonyl (C=O) groups is 1. The van der Waals surface area contributed by atoms with E-state index in [-0.39, 0.29) is 10.8 Å². The molecule has 0 aromatic heterocycles. The monoisotopic (exact) mass is 333 g/mol. The lowest BCUT2D eigenvalue weighted by molar-refractivity contribution is 0.0342. The Kier molecular flexibility index (Phi) is 5.06. The molecule has 0 spiro atoms. The number of rotatable bonds is 4. The van der Waals surface area contributed by atoms with Gasteiger partial charge in [-0.15, -0.1) is 0 Å². The van der Waals surface area contributed by atoms with Crippen LogP contribution in [0.1, 0.15) is 21.5 Å². The van der Waals surface area contributed by atoms with Crippen LogP contribution < -0.4 is 0 Å². The highest BCUT2D eigenvalue weighted by atomic mass is 35.5. The summed E-state index contributed by atoms with van der Waals surface area (Å²) in [5.41, 5.74) is 1.94. The molecule has 2 aromatic carbocycles. The zero-order valence-electron chi connectivity index (χ0n) is 12.6. The van der Waals surface area contributed by atoms with Crippen LogP contribution in [0.25, 0.3) is 0 Å². The van der Waals surface area contributed by atoms with E-state index < -0.39 is 5.82 Å². The van der Waals surface area contributed by atoms with Crippen molar-refractivity contribution in [1.29, 1.82) is 0 Å². The van der Waals surface area contributed by atoms with Crippen molar-refractivity contribution in [3.8, 4) is 0 Å². The molecular weight excluding hydrogens is 317 g/mol. The maximum absolute atomic E-state index is 13.1. The number of morpholine rings is 1. The van der Waals surface area contributed by atoms with Gasteiger partial charge in [-0.3, -0.25) is 9.69 Å². The predicted molar refractivity (Wildman–Crippen MR) is 87.4 cm³/mol. The van der Waals surface area contributed by atoms with Gasteiger partial charge in [0.05, 0.1) is 18.2 Å². The summed E-state index contributed by atoms with van der Waals surface area (Å²) in [7, 11) is 0. The number of hydrogen-bond acceptors (Lipinski definition) is 3. The van der Waals surface area contributed by atoms with Crippen LogP contribution in [0.3, 0.4) is 0 Å². The fraction of sp³-hybridized carbons (Fsp3) is 0.278. The molecule has 23 heavy (non-hydrogen) atoms. The minimum atomic E-state index is -0.451. The van der Waals surface area contributed by atoms with Crippen LogP contribution in [0.4, 0.5) is 4.39 Å². The summed E-state index contributed by atoms with van der Waals surface area (Å²) in [5, 5.41) is 0.133. The summed E-state index contributed by atoms with van der Waals surface area (Å²) in [6.45, 7) is 4.04. The van der Waals surface area contributed by atoms with Gasteiger partial charge >= 0.3 is 0 Å². The zero-order valence-corrected chi connectivity index (χ0v) is 13.4. The number of nitrogens with zero attached hydrogens (tertiary/aromatic N) is 1. The highest BCUT2D eigenvalue weighted by Gasteiger charge is 2.15. The Morgan fingerprint density at radius 2 is 1.96 bits per heavy atom. The van der Waals surface area contributed by atoms with E-state index >= 15 is 0 Å². The molecular formula is C18H17ClFNO2. The fourth-order valence-electron chi connectivity index (χ4n) is 2.66. The second-order valence-electron chi connectivity index (χ2n) is 5.54. The van der Waals surface area contributed by atoms with Gasteiger partial charge in [-0.1, -0.05) is 29.8 Å². The van der Waals surface area contributed by atoms with Gasteiger partial charge in [0.15, 0.2) is 5.78 Å². The molecule has 1 heterocycles. The first-order valence-electron chi connectivity index (χ1n) is 7.52. The summed E-state index contributed by atoms with van der Waals surface area (Å²) in [6, 6.07) is 11.3. The molecule has 0 aliphatic carbocycles. The molecule has 0 radical (unpaired) electrons. The lowest BCUT2D eigenvalue weighted by Crippen LogP contribution is -2.35. The molecule has 2 aromatic rings. The van der Waals surface area contributed by atoms with E-state index in [4.69, 9.17) is 16.3 Å². The normalized spacial score (nSPS) is 15.6. The maximum atomic E-state index is 13.1. The fourth-order valence-corrected chi connectivity index (χ4v) is 2.91. The van der Waals surface area contributed by atoms with Gasteiger partial charge in [-0.2, -0.15) is 0 Å². The number of carbonyl (C=O) groups excluding carboxylic acids is 1. The van der Waals surface area contributed by atoms with Gasteiger partial charge in [-0.25, -0.2) is 4.39 Å². The van der Waals surface area contributed by atoms with Crippen LogP contribution in [0, 0.1) is 5.82 Å². The number of hydrogen-bond donors (Lipinski definition) is 0. The van der Waals surface area contributed by atoms with Crippen LogP contribution in [-0.2, 0) is 11.3 Å². The molecule has 1 aliphatic heterocycles. The molecule has 5 heteroatoms. The number of ether oxygens (including phenoxy) is 1. The molecule has 0 N–H and O–H groups in total. The smallest absolute Gasteiger partial charge is 0.194 e. The molecule has 0 unspecified atom stereocenters. The third-order valence-corrected chi connectivity index (χ3v) is 4.19. The Hall–Kier alpha value is -1.75. The molecule has 3 rings (SSSR count). The molecule has 0 bridgehead atoms. The van der Waals surface area contributed by atoms with Crippen molar-refractivity contribution in [2.75, 3.05) is 26.3 Å². The largest absolute Gasteiger partial charge is 0.379 e. The Bertz CT molecular complexity index is 714. The van der Waals surface area contributed by atoms with E-state index in [2.05, 4.69) is 4.90 Å². The summed E-state index contributed by atoms with van der Waals surface area (Å²) in [6.07, 6.45) is 0. The van der Waals surface area contributed by atoms with E-state index in [0.717, 1.165) is 44.5 Å². The molecule has 0 atom stereocenters. The summed E-state index contributed by atoms with van der Waals surface area (Å²) in [4.78, 5) is 14.9. The summed E-state index contributed by atoms with van der Waals surface area (Å²) < 4.78 is 18.5. The van der Waals surface area contributed by atoms with E-state index in [1.54, 1.807) is 6.07 Å². The maximum Gasteiger partial charge on any atom is 0.194 e. The van der Waals surface area contributed by atoms with Crippen LogP contribution in [0.15, 0.2) is 42.5 Å². The first-order valence-corrected chi connectivity index (χ1v) is 7.90. The minimum Gasteiger partial charge on any atom is -0.379 e. The van der Waals surface area contributed by atoms with Crippen molar-refractivity contribution in [3.63, 3.8) is 0 Å². The van der Waals surface area contributed by atoms with Crippen molar-refractivity contribution < 1.29 is 13.9 Å². The second-order valence-corrected chi connectivity index (χ2v) is 5.95. The number of halogens is 2. The van der Waals surface area contributed by atoms with Gasteiger partial charge in [0.1, 0.15) is 5.82 Å². The average Bonchev–Trinajstić information content (AvgIpc) is 2.55. The predicted octanol–water partition coefficient (Wildman–Crippen LogP) is 3.54. The Morgan fingerprint density at radius 3 is 2.70 bits per heavy atom. The first kappa shape index (κ1) is 16.1. The molecule has 1 fully saturated rings. The first-order chi connectivity index (χ1) is 11.1. The lowest BCUT2D eigenvalue weighted by atomic mass is 10.0. The van der Waals surface area contributed by atoms with Crippen molar-refractivity contribution in [3.05, 3.63) is 70.0 Å². The minimum absolute atomic E-state index is 0.133. The van der Waals surface area contributed by atoms with Crippen molar-refractivity contribution in [1.82, 2.24) is 4.90 Å². The van der Waals surface area contributed by atoms with Crippen molar-refractivity contribution in [2.24, 2.45) is 0 Å². The SMILES string of the molecule is O=C(c1cccc(CN2CCOCC2)c1)c1ccc(F)cc1Cl. The molecule has 0 saturated carbocycles. The summed E-state index contributed by atoms with van der Waals surface area (Å²) in [5.74, 6) is -0.647. The van der Waals surface area contributed by atoms with Gasteiger partial charge in [0.25, 0.3) is 0 Å². The Labute approximate surface area is 139 Å². The van der Waals surface area contributed by atoms with Crippen LogP contribution in [0.2, 0.25) is 5.02 Å². The topological polar surface area (TPSA) is 29.5 Å². The summed E-state index contributed by atoms with van der Waals surface area (Å²) >= 11 is 5.99. The van der Waals surface area contributed by atoms with E-state index in [1.165, 1.54) is 12.1 Å². The van der Waals surface area contributed by atoms with E-state index in [0.29, 0.717) is 11.1 Å². The zero-order chi connectivity index (χ0) is 16.2. The number of ketones is 1. The lowest BCUT2D eigenvalue weighted by Gasteiger charge is -2.26. The Balaban J connectivity index is 1.79.